The van der Waals surface area contributed by atoms with Crippen molar-refractivity contribution in [2.45, 2.75) is 39.7 Å². The molecule has 0 spiro atoms. The van der Waals surface area contributed by atoms with Crippen LogP contribution in [0.15, 0.2) is 30.7 Å². The van der Waals surface area contributed by atoms with Crippen LogP contribution >= 0.6 is 0 Å². The molecule has 2 rings (SSSR count). The van der Waals surface area contributed by atoms with Crippen LogP contribution in [0.4, 0.5) is 11.6 Å². The van der Waals surface area contributed by atoms with Crippen LogP contribution in [0.25, 0.3) is 0 Å². The van der Waals surface area contributed by atoms with E-state index in [1.54, 1.807) is 12.5 Å². The summed E-state index contributed by atoms with van der Waals surface area (Å²) in [5.74, 6) is 2.10. The molecule has 0 aliphatic heterocycles. The Morgan fingerprint density at radius 3 is 2.43 bits per heavy atom. The normalized spacial score (nSPS) is 12.2. The molecule has 0 aliphatic rings. The van der Waals surface area contributed by atoms with E-state index in [9.17, 15) is 0 Å². The first-order valence-corrected chi connectivity index (χ1v) is 7.39. The molecule has 0 amide bonds. The summed E-state index contributed by atoms with van der Waals surface area (Å²) in [6.07, 6.45) is 3.40. The molecule has 112 valence electrons. The van der Waals surface area contributed by atoms with E-state index in [0.29, 0.717) is 5.92 Å². The molecule has 1 atom stereocenters. The van der Waals surface area contributed by atoms with Crippen LogP contribution in [0.1, 0.15) is 50.9 Å². The Hall–Kier alpha value is -2.17. The lowest BCUT2D eigenvalue weighted by Crippen LogP contribution is -2.14. The van der Waals surface area contributed by atoms with E-state index in [0.717, 1.165) is 29.4 Å². The number of aromatic nitrogens is 3. The summed E-state index contributed by atoms with van der Waals surface area (Å²) in [4.78, 5) is 13.2. The molecule has 0 bridgehead atoms. The molecular weight excluding hydrogens is 262 g/mol. The SMILES string of the molecule is CCNc1ncnc(NC(C)c2ccccn2)c1C(C)C. The zero-order chi connectivity index (χ0) is 15.2. The van der Waals surface area contributed by atoms with E-state index >= 15 is 0 Å². The minimum Gasteiger partial charge on any atom is -0.370 e. The smallest absolute Gasteiger partial charge is 0.135 e. The van der Waals surface area contributed by atoms with Crippen molar-refractivity contribution in [1.82, 2.24) is 15.0 Å². The Morgan fingerprint density at radius 1 is 1.05 bits per heavy atom. The first kappa shape index (κ1) is 15.2. The highest BCUT2D eigenvalue weighted by atomic mass is 15.1. The molecule has 0 saturated carbocycles. The minimum atomic E-state index is 0.0908. The molecule has 21 heavy (non-hydrogen) atoms. The van der Waals surface area contributed by atoms with Gasteiger partial charge in [-0.1, -0.05) is 19.9 Å². The summed E-state index contributed by atoms with van der Waals surface area (Å²) < 4.78 is 0. The fourth-order valence-corrected chi connectivity index (χ4v) is 2.28. The number of anilines is 2. The molecule has 0 fully saturated rings. The molecule has 2 heterocycles. The van der Waals surface area contributed by atoms with Crippen LogP contribution in [0.2, 0.25) is 0 Å². The first-order valence-electron chi connectivity index (χ1n) is 7.39. The average Bonchev–Trinajstić information content (AvgIpc) is 2.48. The molecule has 5 nitrogen and oxygen atoms in total. The Labute approximate surface area is 126 Å². The van der Waals surface area contributed by atoms with Crippen molar-refractivity contribution in [3.8, 4) is 0 Å². The third kappa shape index (κ3) is 3.68. The molecule has 0 saturated heterocycles. The molecule has 2 N–H and O–H groups in total. The Kier molecular flexibility index (Phi) is 5.09. The monoisotopic (exact) mass is 285 g/mol. The van der Waals surface area contributed by atoms with Crippen LogP contribution in [0.3, 0.4) is 0 Å². The van der Waals surface area contributed by atoms with Crippen molar-refractivity contribution in [3.63, 3.8) is 0 Å². The highest BCUT2D eigenvalue weighted by Gasteiger charge is 2.17. The number of nitrogens with zero attached hydrogens (tertiary/aromatic N) is 3. The number of nitrogens with one attached hydrogen (secondary N) is 2. The molecule has 2 aromatic rings. The average molecular weight is 285 g/mol. The third-order valence-corrected chi connectivity index (χ3v) is 3.29. The second-order valence-electron chi connectivity index (χ2n) is 5.29. The molecule has 0 aliphatic carbocycles. The van der Waals surface area contributed by atoms with Crippen molar-refractivity contribution in [2.24, 2.45) is 0 Å². The lowest BCUT2D eigenvalue weighted by molar-refractivity contribution is 0.801. The van der Waals surface area contributed by atoms with Gasteiger partial charge in [-0.05, 0) is 31.9 Å². The van der Waals surface area contributed by atoms with Gasteiger partial charge in [0.15, 0.2) is 0 Å². The zero-order valence-electron chi connectivity index (χ0n) is 13.1. The Balaban J connectivity index is 2.29. The van der Waals surface area contributed by atoms with Gasteiger partial charge in [-0.25, -0.2) is 9.97 Å². The molecule has 5 heteroatoms. The van der Waals surface area contributed by atoms with Gasteiger partial charge in [-0.2, -0.15) is 0 Å². The number of pyridine rings is 1. The van der Waals surface area contributed by atoms with Crippen molar-refractivity contribution in [2.75, 3.05) is 17.2 Å². The van der Waals surface area contributed by atoms with Crippen molar-refractivity contribution in [1.29, 1.82) is 0 Å². The summed E-state index contributed by atoms with van der Waals surface area (Å²) in [5, 5.41) is 6.76. The van der Waals surface area contributed by atoms with Crippen LogP contribution in [0.5, 0.6) is 0 Å². The summed E-state index contributed by atoms with van der Waals surface area (Å²) in [6.45, 7) is 9.29. The fourth-order valence-electron chi connectivity index (χ4n) is 2.28. The predicted molar refractivity (Wildman–Crippen MR) is 86.6 cm³/mol. The lowest BCUT2D eigenvalue weighted by atomic mass is 10.0. The molecule has 0 radical (unpaired) electrons. The van der Waals surface area contributed by atoms with E-state index in [2.05, 4.69) is 53.3 Å². The first-order chi connectivity index (χ1) is 10.1. The maximum absolute atomic E-state index is 4.42. The van der Waals surface area contributed by atoms with Gasteiger partial charge in [0, 0.05) is 18.3 Å². The van der Waals surface area contributed by atoms with Gasteiger partial charge in [0.1, 0.15) is 18.0 Å². The number of hydrogen-bond donors (Lipinski definition) is 2. The zero-order valence-corrected chi connectivity index (χ0v) is 13.1. The van der Waals surface area contributed by atoms with Gasteiger partial charge < -0.3 is 10.6 Å². The number of hydrogen-bond acceptors (Lipinski definition) is 5. The van der Waals surface area contributed by atoms with Crippen LogP contribution in [-0.4, -0.2) is 21.5 Å². The highest BCUT2D eigenvalue weighted by molar-refractivity contribution is 5.59. The van der Waals surface area contributed by atoms with Gasteiger partial charge in [0.25, 0.3) is 0 Å². The van der Waals surface area contributed by atoms with Gasteiger partial charge in [0.05, 0.1) is 11.7 Å². The summed E-state index contributed by atoms with van der Waals surface area (Å²) in [7, 11) is 0. The van der Waals surface area contributed by atoms with E-state index < -0.39 is 0 Å². The highest BCUT2D eigenvalue weighted by Crippen LogP contribution is 2.30. The van der Waals surface area contributed by atoms with Gasteiger partial charge in [-0.15, -0.1) is 0 Å². The molecule has 2 aromatic heterocycles. The quantitative estimate of drug-likeness (QED) is 0.849. The van der Waals surface area contributed by atoms with E-state index in [-0.39, 0.29) is 6.04 Å². The van der Waals surface area contributed by atoms with Crippen molar-refractivity contribution >= 4 is 11.6 Å². The van der Waals surface area contributed by atoms with Gasteiger partial charge in [-0.3, -0.25) is 4.98 Å². The summed E-state index contributed by atoms with van der Waals surface area (Å²) in [5.41, 5.74) is 2.11. The lowest BCUT2D eigenvalue weighted by Gasteiger charge is -2.20. The molecule has 0 aromatic carbocycles. The van der Waals surface area contributed by atoms with E-state index in [1.165, 1.54) is 0 Å². The van der Waals surface area contributed by atoms with Gasteiger partial charge in [0.2, 0.25) is 0 Å². The Bertz CT molecular complexity index is 568. The standard InChI is InChI=1S/C16H23N5/c1-5-17-15-14(11(2)3)16(20-10-19-15)21-12(4)13-8-6-7-9-18-13/h6-12H,5H2,1-4H3,(H2,17,19,20,21). The van der Waals surface area contributed by atoms with Crippen molar-refractivity contribution < 1.29 is 0 Å². The minimum absolute atomic E-state index is 0.0908. The fraction of sp³-hybridized carbons (Fsp3) is 0.438. The van der Waals surface area contributed by atoms with E-state index in [4.69, 9.17) is 0 Å². The number of rotatable bonds is 6. The van der Waals surface area contributed by atoms with Gasteiger partial charge >= 0.3 is 0 Å². The Morgan fingerprint density at radius 2 is 1.81 bits per heavy atom. The second-order valence-corrected chi connectivity index (χ2v) is 5.29. The maximum Gasteiger partial charge on any atom is 0.135 e. The van der Waals surface area contributed by atoms with Crippen LogP contribution < -0.4 is 10.6 Å². The van der Waals surface area contributed by atoms with Crippen LogP contribution in [-0.2, 0) is 0 Å². The topological polar surface area (TPSA) is 62.7 Å². The third-order valence-electron chi connectivity index (χ3n) is 3.29. The van der Waals surface area contributed by atoms with Crippen molar-refractivity contribution in [3.05, 3.63) is 42.0 Å². The summed E-state index contributed by atoms with van der Waals surface area (Å²) in [6, 6.07) is 6.02. The summed E-state index contributed by atoms with van der Waals surface area (Å²) >= 11 is 0. The largest absolute Gasteiger partial charge is 0.370 e. The maximum atomic E-state index is 4.42. The predicted octanol–water partition coefficient (Wildman–Crippen LogP) is 3.60. The second kappa shape index (κ2) is 7.02. The molecule has 1 unspecified atom stereocenters. The van der Waals surface area contributed by atoms with E-state index in [1.807, 2.05) is 18.2 Å². The molecular formula is C16H23N5. The van der Waals surface area contributed by atoms with Crippen LogP contribution in [0, 0.1) is 0 Å².